The summed E-state index contributed by atoms with van der Waals surface area (Å²) in [6.07, 6.45) is 0. The number of nitrogens with one attached hydrogen (secondary N) is 1. The average molecular weight is 231 g/mol. The first-order chi connectivity index (χ1) is 7.74. The molecule has 80 valence electrons. The summed E-state index contributed by atoms with van der Waals surface area (Å²) in [7, 11) is 0. The van der Waals surface area contributed by atoms with E-state index >= 15 is 0 Å². The first-order valence-electron chi connectivity index (χ1n) is 4.89. The average Bonchev–Trinajstić information content (AvgIpc) is 2.84. The molecule has 0 aliphatic rings. The lowest BCUT2D eigenvalue weighted by Gasteiger charge is -1.87. The molecule has 3 aromatic rings. The highest BCUT2D eigenvalue weighted by Gasteiger charge is 2.07. The van der Waals surface area contributed by atoms with Crippen LogP contribution in [0.2, 0.25) is 0 Å². The molecule has 0 aliphatic heterocycles. The van der Waals surface area contributed by atoms with Gasteiger partial charge in [-0.2, -0.15) is 4.52 Å². The third-order valence-electron chi connectivity index (χ3n) is 2.35. The molecule has 0 amide bonds. The van der Waals surface area contributed by atoms with Crippen LogP contribution in [0.4, 0.5) is 0 Å². The number of thiophene rings is 1. The summed E-state index contributed by atoms with van der Waals surface area (Å²) in [4.78, 5) is 18.2. The number of aryl methyl sites for hydroxylation is 1. The maximum atomic E-state index is 11.5. The van der Waals surface area contributed by atoms with Crippen molar-refractivity contribution in [3.05, 3.63) is 45.6 Å². The number of hydrogen-bond acceptors (Lipinski definition) is 3. The van der Waals surface area contributed by atoms with Crippen molar-refractivity contribution in [1.29, 1.82) is 0 Å². The Kier molecular flexibility index (Phi) is 1.94. The minimum Gasteiger partial charge on any atom is -0.272 e. The van der Waals surface area contributed by atoms with Crippen molar-refractivity contribution in [3.8, 4) is 10.7 Å². The summed E-state index contributed by atoms with van der Waals surface area (Å²) in [5.41, 5.74) is 0.554. The summed E-state index contributed by atoms with van der Waals surface area (Å²) in [6, 6.07) is 9.07. The lowest BCUT2D eigenvalue weighted by molar-refractivity contribution is 0.925. The lowest BCUT2D eigenvalue weighted by atomic mass is 10.4. The number of nitrogens with zero attached hydrogens (tertiary/aromatic N) is 2. The summed E-state index contributed by atoms with van der Waals surface area (Å²) in [5, 5.41) is 3.00. The first-order valence-corrected chi connectivity index (χ1v) is 5.70. The van der Waals surface area contributed by atoms with Gasteiger partial charge in [-0.3, -0.25) is 9.89 Å². The molecule has 0 radical (unpaired) electrons. The first kappa shape index (κ1) is 9.35. The fraction of sp³-hybridized carbons (Fsp3) is 0.0909. The van der Waals surface area contributed by atoms with Crippen molar-refractivity contribution in [2.75, 3.05) is 0 Å². The Balaban J connectivity index is 2.26. The largest absolute Gasteiger partial charge is 0.272 e. The van der Waals surface area contributed by atoms with Gasteiger partial charge < -0.3 is 0 Å². The van der Waals surface area contributed by atoms with Crippen LogP contribution in [0, 0.1) is 6.92 Å². The van der Waals surface area contributed by atoms with Crippen LogP contribution in [-0.2, 0) is 0 Å². The molecule has 1 N–H and O–H groups in total. The second-order valence-corrected chi connectivity index (χ2v) is 4.83. The topological polar surface area (TPSA) is 50.2 Å². The minimum absolute atomic E-state index is 0.0930. The zero-order chi connectivity index (χ0) is 11.1. The molecule has 16 heavy (non-hydrogen) atoms. The van der Waals surface area contributed by atoms with Gasteiger partial charge in [0.2, 0.25) is 0 Å². The predicted octanol–water partition coefficient (Wildman–Crippen LogP) is 2.06. The third kappa shape index (κ3) is 1.37. The molecule has 3 rings (SSSR count). The van der Waals surface area contributed by atoms with Crippen molar-refractivity contribution in [2.45, 2.75) is 6.92 Å². The quantitative estimate of drug-likeness (QED) is 0.697. The summed E-state index contributed by atoms with van der Waals surface area (Å²) >= 11 is 1.65. The smallest absolute Gasteiger partial charge is 0.271 e. The normalized spacial score (nSPS) is 11.1. The van der Waals surface area contributed by atoms with Crippen LogP contribution in [0.1, 0.15) is 4.88 Å². The van der Waals surface area contributed by atoms with Gasteiger partial charge in [-0.25, -0.2) is 4.98 Å². The molecule has 0 aliphatic carbocycles. The molecule has 0 unspecified atom stereocenters. The Hall–Kier alpha value is -1.88. The Bertz CT molecular complexity index is 707. The van der Waals surface area contributed by atoms with Crippen molar-refractivity contribution in [1.82, 2.24) is 14.6 Å². The van der Waals surface area contributed by atoms with Crippen LogP contribution in [0.5, 0.6) is 0 Å². The van der Waals surface area contributed by atoms with Crippen LogP contribution in [0.25, 0.3) is 16.3 Å². The van der Waals surface area contributed by atoms with Crippen LogP contribution in [-0.4, -0.2) is 14.6 Å². The molecular formula is C11H9N3OS. The van der Waals surface area contributed by atoms with Gasteiger partial charge in [0.25, 0.3) is 5.56 Å². The summed E-state index contributed by atoms with van der Waals surface area (Å²) in [5.74, 6) is 0.737. The lowest BCUT2D eigenvalue weighted by Crippen LogP contribution is -2.11. The van der Waals surface area contributed by atoms with E-state index in [-0.39, 0.29) is 5.56 Å². The molecule has 0 spiro atoms. The highest BCUT2D eigenvalue weighted by molar-refractivity contribution is 7.15. The fourth-order valence-electron chi connectivity index (χ4n) is 1.60. The Morgan fingerprint density at radius 2 is 2.19 bits per heavy atom. The molecule has 4 nitrogen and oxygen atoms in total. The van der Waals surface area contributed by atoms with E-state index in [0.717, 1.165) is 10.7 Å². The second kappa shape index (κ2) is 3.31. The monoisotopic (exact) mass is 231 g/mol. The standard InChI is InChI=1S/C11H9N3OS/c1-7-5-6-8(16-7)11-12-9-3-2-4-10(15)14(9)13-11/h2-6H,1H3,(H,12,13). The molecule has 3 heterocycles. The number of pyridine rings is 1. The number of H-pyrrole nitrogens is 1. The maximum absolute atomic E-state index is 11.5. The number of fused-ring (bicyclic) bond motifs is 1. The Morgan fingerprint density at radius 3 is 2.88 bits per heavy atom. The van der Waals surface area contributed by atoms with Crippen LogP contribution < -0.4 is 5.56 Å². The molecule has 3 aromatic heterocycles. The van der Waals surface area contributed by atoms with E-state index in [2.05, 4.69) is 10.1 Å². The van der Waals surface area contributed by atoms with Gasteiger partial charge in [0.05, 0.1) is 4.88 Å². The van der Waals surface area contributed by atoms with E-state index in [0.29, 0.717) is 5.65 Å². The fourth-order valence-corrected chi connectivity index (χ4v) is 2.40. The zero-order valence-corrected chi connectivity index (χ0v) is 9.41. The van der Waals surface area contributed by atoms with Gasteiger partial charge in [-0.15, -0.1) is 11.3 Å². The summed E-state index contributed by atoms with van der Waals surface area (Å²) in [6.45, 7) is 2.04. The van der Waals surface area contributed by atoms with Gasteiger partial charge >= 0.3 is 0 Å². The molecule has 0 aromatic carbocycles. The van der Waals surface area contributed by atoms with E-state index in [4.69, 9.17) is 0 Å². The Morgan fingerprint density at radius 1 is 1.31 bits per heavy atom. The number of hydrogen-bond donors (Lipinski definition) is 1. The highest BCUT2D eigenvalue weighted by Crippen LogP contribution is 2.24. The van der Waals surface area contributed by atoms with E-state index < -0.39 is 0 Å². The van der Waals surface area contributed by atoms with Gasteiger partial charge in [-0.05, 0) is 25.1 Å². The van der Waals surface area contributed by atoms with Crippen LogP contribution in [0.3, 0.4) is 0 Å². The van der Waals surface area contributed by atoms with Gasteiger partial charge in [-0.1, -0.05) is 6.07 Å². The van der Waals surface area contributed by atoms with E-state index in [9.17, 15) is 4.79 Å². The third-order valence-corrected chi connectivity index (χ3v) is 3.36. The molecule has 0 atom stereocenters. The molecule has 5 heteroatoms. The van der Waals surface area contributed by atoms with Crippen molar-refractivity contribution >= 4 is 17.0 Å². The number of aromatic nitrogens is 3. The van der Waals surface area contributed by atoms with Gasteiger partial charge in [0.15, 0.2) is 11.5 Å². The number of rotatable bonds is 1. The SMILES string of the molecule is Cc1ccc(-c2nc3cccc(=O)n3[nH]2)s1. The number of aromatic amines is 1. The summed E-state index contributed by atoms with van der Waals surface area (Å²) < 4.78 is 1.45. The van der Waals surface area contributed by atoms with Gasteiger partial charge in [0.1, 0.15) is 0 Å². The Labute approximate surface area is 95.2 Å². The molecule has 0 fully saturated rings. The zero-order valence-electron chi connectivity index (χ0n) is 8.60. The predicted molar refractivity (Wildman–Crippen MR) is 63.9 cm³/mol. The van der Waals surface area contributed by atoms with Crippen LogP contribution in [0.15, 0.2) is 35.1 Å². The van der Waals surface area contributed by atoms with E-state index in [1.54, 1.807) is 17.4 Å². The molecule has 0 saturated carbocycles. The molecular weight excluding hydrogens is 222 g/mol. The van der Waals surface area contributed by atoms with Crippen molar-refractivity contribution in [3.63, 3.8) is 0 Å². The maximum Gasteiger partial charge on any atom is 0.271 e. The molecule has 0 bridgehead atoms. The molecule has 0 saturated heterocycles. The van der Waals surface area contributed by atoms with Crippen molar-refractivity contribution in [2.24, 2.45) is 0 Å². The van der Waals surface area contributed by atoms with Crippen LogP contribution >= 0.6 is 11.3 Å². The van der Waals surface area contributed by atoms with Gasteiger partial charge in [0, 0.05) is 10.9 Å². The van der Waals surface area contributed by atoms with E-state index in [1.807, 2.05) is 25.1 Å². The highest BCUT2D eigenvalue weighted by atomic mass is 32.1. The minimum atomic E-state index is -0.0930. The van der Waals surface area contributed by atoms with E-state index in [1.165, 1.54) is 15.5 Å². The van der Waals surface area contributed by atoms with Crippen molar-refractivity contribution < 1.29 is 0 Å². The second-order valence-electron chi connectivity index (χ2n) is 3.54.